The minimum Gasteiger partial charge on any atom is -0.398 e. The van der Waals surface area contributed by atoms with Crippen molar-refractivity contribution in [2.45, 2.75) is 16.6 Å². The van der Waals surface area contributed by atoms with Gasteiger partial charge in [-0.2, -0.15) is 0 Å². The molecule has 0 radical (unpaired) electrons. The van der Waals surface area contributed by atoms with Crippen LogP contribution < -0.4 is 10.6 Å². The van der Waals surface area contributed by atoms with Gasteiger partial charge < -0.3 is 5.73 Å². The average molecular weight is 333 g/mol. The Balaban J connectivity index is 1.84. The number of imide groups is 1. The zero-order valence-corrected chi connectivity index (χ0v) is 13.1. The lowest BCUT2D eigenvalue weighted by molar-refractivity contribution is -0.121. The Bertz CT molecular complexity index is 750. The van der Waals surface area contributed by atoms with Gasteiger partial charge in [0.25, 0.3) is 0 Å². The van der Waals surface area contributed by atoms with Crippen LogP contribution in [-0.2, 0) is 9.59 Å². The number of para-hydroxylation sites is 1. The fourth-order valence-electron chi connectivity index (χ4n) is 2.32. The van der Waals surface area contributed by atoms with E-state index in [1.165, 1.54) is 16.7 Å². The van der Waals surface area contributed by atoms with E-state index < -0.39 is 5.25 Å². The zero-order valence-electron chi connectivity index (χ0n) is 11.5. The van der Waals surface area contributed by atoms with Crippen molar-refractivity contribution < 1.29 is 9.59 Å². The van der Waals surface area contributed by atoms with Crippen LogP contribution in [0.5, 0.6) is 0 Å². The van der Waals surface area contributed by atoms with Crippen LogP contribution in [0.25, 0.3) is 0 Å². The van der Waals surface area contributed by atoms with E-state index in [0.717, 1.165) is 4.90 Å². The van der Waals surface area contributed by atoms with Crippen LogP contribution in [0.1, 0.15) is 6.42 Å². The highest BCUT2D eigenvalue weighted by Crippen LogP contribution is 2.36. The molecule has 0 unspecified atom stereocenters. The Morgan fingerprint density at radius 3 is 2.64 bits per heavy atom. The zero-order chi connectivity index (χ0) is 15.7. The van der Waals surface area contributed by atoms with Crippen molar-refractivity contribution in [2.75, 3.05) is 10.6 Å². The second-order valence-corrected chi connectivity index (χ2v) is 6.58. The Morgan fingerprint density at radius 1 is 1.14 bits per heavy atom. The number of nitrogen functional groups attached to an aromatic ring is 1. The van der Waals surface area contributed by atoms with E-state index in [9.17, 15) is 9.59 Å². The molecule has 0 aliphatic carbocycles. The molecule has 112 valence electrons. The quantitative estimate of drug-likeness (QED) is 0.691. The number of halogens is 1. The molecule has 0 spiro atoms. The van der Waals surface area contributed by atoms with Crippen LogP contribution >= 0.6 is 23.4 Å². The normalized spacial score (nSPS) is 18.0. The maximum atomic E-state index is 12.5. The van der Waals surface area contributed by atoms with E-state index in [1.54, 1.807) is 30.3 Å². The van der Waals surface area contributed by atoms with E-state index in [4.69, 9.17) is 17.3 Å². The molecule has 1 saturated heterocycles. The highest BCUT2D eigenvalue weighted by atomic mass is 35.5. The van der Waals surface area contributed by atoms with Crippen LogP contribution in [-0.4, -0.2) is 17.1 Å². The monoisotopic (exact) mass is 332 g/mol. The van der Waals surface area contributed by atoms with Gasteiger partial charge in [0, 0.05) is 22.0 Å². The molecule has 6 heteroatoms. The number of carbonyl (C=O) groups is 2. The Morgan fingerprint density at radius 2 is 1.91 bits per heavy atom. The van der Waals surface area contributed by atoms with Crippen LogP contribution in [0.15, 0.2) is 53.4 Å². The SMILES string of the molecule is Nc1ccccc1S[C@H]1CC(=O)N(c2cccc(Cl)c2)C1=O. The third-order valence-corrected chi connectivity index (χ3v) is 4.87. The summed E-state index contributed by atoms with van der Waals surface area (Å²) in [6.45, 7) is 0. The van der Waals surface area contributed by atoms with Gasteiger partial charge in [-0.1, -0.05) is 29.8 Å². The van der Waals surface area contributed by atoms with E-state index in [2.05, 4.69) is 0 Å². The van der Waals surface area contributed by atoms with Crippen LogP contribution in [0.2, 0.25) is 5.02 Å². The van der Waals surface area contributed by atoms with Crippen LogP contribution in [0, 0.1) is 0 Å². The third kappa shape index (κ3) is 2.82. The predicted molar refractivity (Wildman–Crippen MR) is 89.1 cm³/mol. The minimum absolute atomic E-state index is 0.157. The topological polar surface area (TPSA) is 63.4 Å². The van der Waals surface area contributed by atoms with Gasteiger partial charge in [-0.05, 0) is 30.3 Å². The smallest absolute Gasteiger partial charge is 0.247 e. The first-order valence-corrected chi connectivity index (χ1v) is 7.95. The molecule has 4 nitrogen and oxygen atoms in total. The molecule has 1 heterocycles. The highest BCUT2D eigenvalue weighted by molar-refractivity contribution is 8.00. The lowest BCUT2D eigenvalue weighted by atomic mass is 10.3. The number of hydrogen-bond donors (Lipinski definition) is 1. The molecule has 1 aliphatic rings. The molecule has 22 heavy (non-hydrogen) atoms. The number of carbonyl (C=O) groups excluding carboxylic acids is 2. The van der Waals surface area contributed by atoms with Gasteiger partial charge >= 0.3 is 0 Å². The summed E-state index contributed by atoms with van der Waals surface area (Å²) < 4.78 is 0. The van der Waals surface area contributed by atoms with Crippen molar-refractivity contribution in [1.82, 2.24) is 0 Å². The maximum absolute atomic E-state index is 12.5. The number of rotatable bonds is 3. The van der Waals surface area contributed by atoms with Crippen molar-refractivity contribution in [3.63, 3.8) is 0 Å². The molecule has 2 amide bonds. The van der Waals surface area contributed by atoms with Gasteiger partial charge in [-0.25, -0.2) is 4.90 Å². The number of nitrogens with zero attached hydrogens (tertiary/aromatic N) is 1. The number of amides is 2. The number of anilines is 2. The van der Waals surface area contributed by atoms with Crippen LogP contribution in [0.4, 0.5) is 11.4 Å². The van der Waals surface area contributed by atoms with E-state index in [1.807, 2.05) is 18.2 Å². The minimum atomic E-state index is -0.462. The first-order chi connectivity index (χ1) is 10.6. The van der Waals surface area contributed by atoms with Gasteiger partial charge in [0.05, 0.1) is 10.9 Å². The summed E-state index contributed by atoms with van der Waals surface area (Å²) in [6.07, 6.45) is 0.157. The maximum Gasteiger partial charge on any atom is 0.247 e. The molecule has 0 bridgehead atoms. The summed E-state index contributed by atoms with van der Waals surface area (Å²) in [4.78, 5) is 26.7. The van der Waals surface area contributed by atoms with Gasteiger partial charge in [0.2, 0.25) is 11.8 Å². The molecule has 0 aromatic heterocycles. The Hall–Kier alpha value is -1.98. The van der Waals surface area contributed by atoms with E-state index in [-0.39, 0.29) is 18.2 Å². The second-order valence-electron chi connectivity index (χ2n) is 4.90. The number of thioether (sulfide) groups is 1. The van der Waals surface area contributed by atoms with Gasteiger partial charge in [-0.15, -0.1) is 11.8 Å². The number of nitrogens with two attached hydrogens (primary N) is 1. The van der Waals surface area contributed by atoms with Crippen molar-refractivity contribution >= 4 is 46.6 Å². The Labute approximate surface area is 137 Å². The van der Waals surface area contributed by atoms with Gasteiger partial charge in [0.1, 0.15) is 0 Å². The standard InChI is InChI=1S/C16H13ClN2O2S/c17-10-4-3-5-11(8-10)19-15(20)9-14(16(19)21)22-13-7-2-1-6-12(13)18/h1-8,14H,9,18H2/t14-/m0/s1. The number of hydrogen-bond acceptors (Lipinski definition) is 4. The third-order valence-electron chi connectivity index (χ3n) is 3.36. The molecule has 2 N–H and O–H groups in total. The molecule has 0 saturated carbocycles. The van der Waals surface area contributed by atoms with E-state index >= 15 is 0 Å². The summed E-state index contributed by atoms with van der Waals surface area (Å²) in [5.74, 6) is -0.459. The summed E-state index contributed by atoms with van der Waals surface area (Å²) >= 11 is 7.26. The summed E-state index contributed by atoms with van der Waals surface area (Å²) in [7, 11) is 0. The lowest BCUT2D eigenvalue weighted by Gasteiger charge is -2.15. The van der Waals surface area contributed by atoms with Crippen molar-refractivity contribution in [1.29, 1.82) is 0 Å². The molecule has 2 aromatic rings. The van der Waals surface area contributed by atoms with Crippen LogP contribution in [0.3, 0.4) is 0 Å². The first kappa shape index (κ1) is 14.9. The Kier molecular flexibility index (Phi) is 4.09. The van der Waals surface area contributed by atoms with Gasteiger partial charge in [0.15, 0.2) is 0 Å². The van der Waals surface area contributed by atoms with Gasteiger partial charge in [-0.3, -0.25) is 9.59 Å². The predicted octanol–water partition coefficient (Wildman–Crippen LogP) is 3.35. The molecule has 1 aliphatic heterocycles. The second kappa shape index (κ2) is 6.02. The fraction of sp³-hybridized carbons (Fsp3) is 0.125. The summed E-state index contributed by atoms with van der Waals surface area (Å²) in [6, 6.07) is 14.0. The molecular weight excluding hydrogens is 320 g/mol. The largest absolute Gasteiger partial charge is 0.398 e. The van der Waals surface area contributed by atoms with Crippen molar-refractivity contribution in [2.24, 2.45) is 0 Å². The molecule has 2 aromatic carbocycles. The average Bonchev–Trinajstić information content (AvgIpc) is 2.76. The fourth-order valence-corrected chi connectivity index (χ4v) is 3.61. The molecule has 1 atom stereocenters. The van der Waals surface area contributed by atoms with Crippen molar-refractivity contribution in [3.8, 4) is 0 Å². The highest BCUT2D eigenvalue weighted by Gasteiger charge is 2.40. The molecule has 3 rings (SSSR count). The summed E-state index contributed by atoms with van der Waals surface area (Å²) in [5, 5.41) is 0.0256. The van der Waals surface area contributed by atoms with E-state index in [0.29, 0.717) is 16.4 Å². The van der Waals surface area contributed by atoms with Crippen molar-refractivity contribution in [3.05, 3.63) is 53.6 Å². The number of benzene rings is 2. The summed E-state index contributed by atoms with van der Waals surface area (Å²) in [5.41, 5.74) is 7.01. The molecular formula is C16H13ClN2O2S. The molecule has 1 fully saturated rings. The lowest BCUT2D eigenvalue weighted by Crippen LogP contribution is -2.31. The first-order valence-electron chi connectivity index (χ1n) is 6.70.